The summed E-state index contributed by atoms with van der Waals surface area (Å²) in [7, 11) is 0. The zero-order valence-electron chi connectivity index (χ0n) is 9.58. The number of nitrogens with zero attached hydrogens (tertiary/aromatic N) is 2. The van der Waals surface area contributed by atoms with Crippen LogP contribution in [0.4, 0.5) is 0 Å². The molecule has 0 N–H and O–H groups in total. The predicted molar refractivity (Wildman–Crippen MR) is 71.0 cm³/mol. The van der Waals surface area contributed by atoms with Crippen molar-refractivity contribution in [1.29, 1.82) is 0 Å². The van der Waals surface area contributed by atoms with Crippen LogP contribution in [0.25, 0.3) is 5.65 Å². The van der Waals surface area contributed by atoms with E-state index in [4.69, 9.17) is 16.3 Å². The van der Waals surface area contributed by atoms with Crippen LogP contribution < -0.4 is 4.74 Å². The van der Waals surface area contributed by atoms with Crippen molar-refractivity contribution >= 4 is 17.2 Å². The molecule has 0 spiro atoms. The van der Waals surface area contributed by atoms with Crippen LogP contribution in [0.3, 0.4) is 0 Å². The number of benzene rings is 1. The van der Waals surface area contributed by atoms with E-state index in [2.05, 4.69) is 4.98 Å². The fourth-order valence-corrected chi connectivity index (χ4v) is 1.95. The number of rotatable bonds is 3. The standard InChI is InChI=1S/C14H11ClN2O/c15-11-4-3-5-13(8-11)18-10-12-9-17-7-2-1-6-14(17)16-12/h1-9H,10H2. The van der Waals surface area contributed by atoms with Gasteiger partial charge >= 0.3 is 0 Å². The number of imidazole rings is 1. The quantitative estimate of drug-likeness (QED) is 0.718. The number of halogens is 1. The lowest BCUT2D eigenvalue weighted by atomic mass is 10.3. The highest BCUT2D eigenvalue weighted by atomic mass is 35.5. The highest BCUT2D eigenvalue weighted by Gasteiger charge is 2.02. The first kappa shape index (κ1) is 11.1. The zero-order valence-corrected chi connectivity index (χ0v) is 10.3. The van der Waals surface area contributed by atoms with Crippen molar-refractivity contribution in [2.75, 3.05) is 0 Å². The van der Waals surface area contributed by atoms with Gasteiger partial charge in [-0.3, -0.25) is 0 Å². The minimum atomic E-state index is 0.433. The van der Waals surface area contributed by atoms with Gasteiger partial charge in [0.05, 0.1) is 5.69 Å². The minimum Gasteiger partial charge on any atom is -0.487 e. The summed E-state index contributed by atoms with van der Waals surface area (Å²) in [4.78, 5) is 4.46. The summed E-state index contributed by atoms with van der Waals surface area (Å²) < 4.78 is 7.61. The van der Waals surface area contributed by atoms with Gasteiger partial charge in [0.2, 0.25) is 0 Å². The van der Waals surface area contributed by atoms with E-state index in [9.17, 15) is 0 Å². The average Bonchev–Trinajstić information content (AvgIpc) is 2.79. The number of fused-ring (bicyclic) bond motifs is 1. The third-order valence-corrected chi connectivity index (χ3v) is 2.83. The Hall–Kier alpha value is -2.00. The monoisotopic (exact) mass is 258 g/mol. The molecule has 0 bridgehead atoms. The number of hydrogen-bond donors (Lipinski definition) is 0. The predicted octanol–water partition coefficient (Wildman–Crippen LogP) is 3.57. The molecule has 1 aromatic carbocycles. The molecule has 0 atom stereocenters. The first-order chi connectivity index (χ1) is 8.81. The number of hydrogen-bond acceptors (Lipinski definition) is 2. The molecule has 0 aliphatic carbocycles. The van der Waals surface area contributed by atoms with E-state index >= 15 is 0 Å². The first-order valence-electron chi connectivity index (χ1n) is 5.62. The molecule has 0 saturated heterocycles. The summed E-state index contributed by atoms with van der Waals surface area (Å²) in [5, 5.41) is 0.669. The topological polar surface area (TPSA) is 26.5 Å². The molecule has 0 fully saturated rings. The SMILES string of the molecule is Clc1cccc(OCc2cn3ccccc3n2)c1. The summed E-state index contributed by atoms with van der Waals surface area (Å²) in [6, 6.07) is 13.2. The van der Waals surface area contributed by atoms with Crippen molar-refractivity contribution in [2.24, 2.45) is 0 Å². The molecule has 0 aliphatic heterocycles. The molecular weight excluding hydrogens is 248 g/mol. The molecule has 0 aliphatic rings. The molecule has 0 amide bonds. The van der Waals surface area contributed by atoms with Gasteiger partial charge < -0.3 is 9.14 Å². The Bertz CT molecular complexity index is 645. The van der Waals surface area contributed by atoms with Crippen LogP contribution in [0.15, 0.2) is 54.9 Å². The molecule has 0 radical (unpaired) electrons. The molecule has 18 heavy (non-hydrogen) atoms. The van der Waals surface area contributed by atoms with Crippen LogP contribution in [0.1, 0.15) is 5.69 Å². The van der Waals surface area contributed by atoms with Crippen LogP contribution in [0.2, 0.25) is 5.02 Å². The van der Waals surface area contributed by atoms with Crippen LogP contribution >= 0.6 is 11.6 Å². The van der Waals surface area contributed by atoms with Gasteiger partial charge in [-0.15, -0.1) is 0 Å². The lowest BCUT2D eigenvalue weighted by Gasteiger charge is -2.03. The van der Waals surface area contributed by atoms with E-state index in [0.29, 0.717) is 11.6 Å². The third-order valence-electron chi connectivity index (χ3n) is 2.60. The number of ether oxygens (including phenoxy) is 1. The summed E-state index contributed by atoms with van der Waals surface area (Å²) in [5.74, 6) is 0.750. The average molecular weight is 259 g/mol. The molecule has 0 unspecified atom stereocenters. The van der Waals surface area contributed by atoms with Gasteiger partial charge in [-0.25, -0.2) is 4.98 Å². The van der Waals surface area contributed by atoms with E-state index in [1.165, 1.54) is 0 Å². The van der Waals surface area contributed by atoms with E-state index in [1.807, 2.05) is 53.2 Å². The molecule has 2 heterocycles. The van der Waals surface area contributed by atoms with Gasteiger partial charge in [-0.05, 0) is 30.3 Å². The molecule has 3 rings (SSSR count). The van der Waals surface area contributed by atoms with E-state index in [0.717, 1.165) is 17.1 Å². The zero-order chi connectivity index (χ0) is 12.4. The largest absolute Gasteiger partial charge is 0.487 e. The second kappa shape index (κ2) is 4.70. The fourth-order valence-electron chi connectivity index (χ4n) is 1.77. The van der Waals surface area contributed by atoms with Crippen LogP contribution in [0.5, 0.6) is 5.75 Å². The first-order valence-corrected chi connectivity index (χ1v) is 6.00. The Kier molecular flexibility index (Phi) is 2.90. The van der Waals surface area contributed by atoms with Gasteiger partial charge in [0, 0.05) is 17.4 Å². The molecular formula is C14H11ClN2O. The van der Waals surface area contributed by atoms with Gasteiger partial charge in [-0.1, -0.05) is 23.7 Å². The molecule has 0 saturated carbocycles. The lowest BCUT2D eigenvalue weighted by Crippen LogP contribution is -1.95. The normalized spacial score (nSPS) is 10.7. The van der Waals surface area contributed by atoms with Crippen LogP contribution in [-0.2, 0) is 6.61 Å². The second-order valence-electron chi connectivity index (χ2n) is 3.94. The Labute approximate surface area is 110 Å². The smallest absolute Gasteiger partial charge is 0.137 e. The Morgan fingerprint density at radius 3 is 2.94 bits per heavy atom. The van der Waals surface area contributed by atoms with Crippen molar-refractivity contribution < 1.29 is 4.74 Å². The molecule has 3 aromatic rings. The van der Waals surface area contributed by atoms with Gasteiger partial charge in [0.15, 0.2) is 0 Å². The van der Waals surface area contributed by atoms with Crippen molar-refractivity contribution in [3.63, 3.8) is 0 Å². The highest BCUT2D eigenvalue weighted by molar-refractivity contribution is 6.30. The number of aromatic nitrogens is 2. The van der Waals surface area contributed by atoms with Crippen molar-refractivity contribution in [1.82, 2.24) is 9.38 Å². The van der Waals surface area contributed by atoms with Crippen LogP contribution in [0, 0.1) is 0 Å². The Balaban J connectivity index is 1.76. The van der Waals surface area contributed by atoms with Gasteiger partial charge in [-0.2, -0.15) is 0 Å². The molecule has 3 nitrogen and oxygen atoms in total. The van der Waals surface area contributed by atoms with Crippen molar-refractivity contribution in [3.05, 3.63) is 65.6 Å². The van der Waals surface area contributed by atoms with Gasteiger partial charge in [0.1, 0.15) is 18.0 Å². The third kappa shape index (κ3) is 2.31. The van der Waals surface area contributed by atoms with Crippen LogP contribution in [-0.4, -0.2) is 9.38 Å². The fraction of sp³-hybridized carbons (Fsp3) is 0.0714. The highest BCUT2D eigenvalue weighted by Crippen LogP contribution is 2.18. The van der Waals surface area contributed by atoms with Gasteiger partial charge in [0.25, 0.3) is 0 Å². The van der Waals surface area contributed by atoms with E-state index < -0.39 is 0 Å². The molecule has 90 valence electrons. The van der Waals surface area contributed by atoms with Crippen molar-refractivity contribution in [3.8, 4) is 5.75 Å². The maximum absolute atomic E-state index is 5.89. The van der Waals surface area contributed by atoms with E-state index in [-0.39, 0.29) is 0 Å². The second-order valence-corrected chi connectivity index (χ2v) is 4.38. The lowest BCUT2D eigenvalue weighted by molar-refractivity contribution is 0.302. The summed E-state index contributed by atoms with van der Waals surface area (Å²) >= 11 is 5.89. The van der Waals surface area contributed by atoms with Crippen molar-refractivity contribution in [2.45, 2.75) is 6.61 Å². The Morgan fingerprint density at radius 2 is 2.11 bits per heavy atom. The summed E-state index contributed by atoms with van der Waals surface area (Å²) in [6.45, 7) is 0.433. The minimum absolute atomic E-state index is 0.433. The molecule has 4 heteroatoms. The molecule has 2 aromatic heterocycles. The number of pyridine rings is 1. The summed E-state index contributed by atoms with van der Waals surface area (Å²) in [5.41, 5.74) is 1.81. The summed E-state index contributed by atoms with van der Waals surface area (Å²) in [6.07, 6.45) is 3.92. The maximum atomic E-state index is 5.89. The maximum Gasteiger partial charge on any atom is 0.137 e. The van der Waals surface area contributed by atoms with E-state index in [1.54, 1.807) is 6.07 Å². The Morgan fingerprint density at radius 1 is 1.17 bits per heavy atom.